The molecule has 4 rings (SSSR count). The van der Waals surface area contributed by atoms with E-state index in [1.54, 1.807) is 10.4 Å². The molecule has 1 nitrogen and oxygen atoms in total. The number of fused-ring (bicyclic) bond motifs is 2. The summed E-state index contributed by atoms with van der Waals surface area (Å²) in [5.41, 5.74) is 9.40. The van der Waals surface area contributed by atoms with E-state index in [9.17, 15) is 0 Å². The zero-order valence-corrected chi connectivity index (χ0v) is 12.9. The monoisotopic (exact) mass is 299 g/mol. The molecule has 0 saturated heterocycles. The van der Waals surface area contributed by atoms with Crippen LogP contribution in [0.4, 0.5) is 0 Å². The van der Waals surface area contributed by atoms with Gasteiger partial charge in [0, 0.05) is 20.5 Å². The molecular formula is C17H17NS2. The first-order chi connectivity index (χ1) is 9.81. The van der Waals surface area contributed by atoms with Gasteiger partial charge in [-0.2, -0.15) is 0 Å². The highest BCUT2D eigenvalue weighted by Gasteiger charge is 2.19. The van der Waals surface area contributed by atoms with Crippen molar-refractivity contribution in [1.82, 2.24) is 0 Å². The van der Waals surface area contributed by atoms with E-state index in [4.69, 9.17) is 5.73 Å². The van der Waals surface area contributed by atoms with Gasteiger partial charge in [-0.1, -0.05) is 18.2 Å². The van der Waals surface area contributed by atoms with Gasteiger partial charge in [0.1, 0.15) is 0 Å². The van der Waals surface area contributed by atoms with E-state index < -0.39 is 0 Å². The van der Waals surface area contributed by atoms with Crippen LogP contribution in [0.5, 0.6) is 0 Å². The molecule has 2 N–H and O–H groups in total. The van der Waals surface area contributed by atoms with E-state index in [0.717, 1.165) is 6.42 Å². The summed E-state index contributed by atoms with van der Waals surface area (Å²) in [5, 5.41) is 3.64. The molecule has 0 fully saturated rings. The minimum absolute atomic E-state index is 0.142. The lowest BCUT2D eigenvalue weighted by atomic mass is 10.0. The van der Waals surface area contributed by atoms with Crippen LogP contribution in [0.1, 0.15) is 33.3 Å². The molecule has 0 saturated carbocycles. The molecule has 3 heteroatoms. The fourth-order valence-corrected chi connectivity index (χ4v) is 5.30. The van der Waals surface area contributed by atoms with Gasteiger partial charge in [0.05, 0.1) is 0 Å². The number of hydrogen-bond donors (Lipinski definition) is 1. The van der Waals surface area contributed by atoms with Gasteiger partial charge in [0.2, 0.25) is 0 Å². The molecule has 1 aliphatic carbocycles. The van der Waals surface area contributed by atoms with Crippen LogP contribution in [0.25, 0.3) is 10.1 Å². The average molecular weight is 299 g/mol. The summed E-state index contributed by atoms with van der Waals surface area (Å²) in [6, 6.07) is 11.1. The predicted molar refractivity (Wildman–Crippen MR) is 88.8 cm³/mol. The number of aryl methyl sites for hydroxylation is 2. The van der Waals surface area contributed by atoms with Gasteiger partial charge in [0.25, 0.3) is 0 Å². The van der Waals surface area contributed by atoms with Crippen LogP contribution in [0.15, 0.2) is 35.7 Å². The molecule has 0 aliphatic heterocycles. The predicted octanol–water partition coefficient (Wildman–Crippen LogP) is 4.69. The molecule has 1 unspecified atom stereocenters. The second kappa shape index (κ2) is 4.99. The maximum atomic E-state index is 6.45. The number of nitrogens with two attached hydrogens (primary N) is 1. The lowest BCUT2D eigenvalue weighted by Crippen LogP contribution is -2.11. The highest BCUT2D eigenvalue weighted by molar-refractivity contribution is 7.17. The molecule has 2 heterocycles. The molecule has 1 aliphatic rings. The molecule has 102 valence electrons. The summed E-state index contributed by atoms with van der Waals surface area (Å²) in [6.45, 7) is 0. The molecule has 0 amide bonds. The first kappa shape index (κ1) is 12.6. The van der Waals surface area contributed by atoms with Crippen molar-refractivity contribution in [3.8, 4) is 0 Å². The summed E-state index contributed by atoms with van der Waals surface area (Å²) in [6.07, 6.45) is 4.78. The molecule has 2 aromatic heterocycles. The molecule has 0 spiro atoms. The highest BCUT2D eigenvalue weighted by atomic mass is 32.1. The van der Waals surface area contributed by atoms with Gasteiger partial charge in [0.15, 0.2) is 0 Å². The highest BCUT2D eigenvalue weighted by Crippen LogP contribution is 2.35. The Balaban J connectivity index is 1.61. The fourth-order valence-electron chi connectivity index (χ4n) is 3.06. The largest absolute Gasteiger partial charge is 0.323 e. The molecule has 1 atom stereocenters. The van der Waals surface area contributed by atoms with Crippen LogP contribution in [0, 0.1) is 0 Å². The Bertz CT molecular complexity index is 732. The zero-order valence-electron chi connectivity index (χ0n) is 11.3. The van der Waals surface area contributed by atoms with Crippen LogP contribution in [0.2, 0.25) is 0 Å². The smallest absolute Gasteiger partial charge is 0.0431 e. The van der Waals surface area contributed by atoms with Crippen molar-refractivity contribution in [2.45, 2.75) is 31.7 Å². The summed E-state index contributed by atoms with van der Waals surface area (Å²) < 4.78 is 1.36. The minimum Gasteiger partial charge on any atom is -0.323 e. The topological polar surface area (TPSA) is 26.0 Å². The molecule has 1 aromatic carbocycles. The van der Waals surface area contributed by atoms with E-state index in [-0.39, 0.29) is 6.04 Å². The summed E-state index contributed by atoms with van der Waals surface area (Å²) in [5.74, 6) is 0. The Morgan fingerprint density at radius 3 is 3.00 bits per heavy atom. The Morgan fingerprint density at radius 2 is 2.10 bits per heavy atom. The second-order valence-electron chi connectivity index (χ2n) is 5.52. The van der Waals surface area contributed by atoms with Crippen molar-refractivity contribution in [3.05, 3.63) is 56.6 Å². The quantitative estimate of drug-likeness (QED) is 0.745. The van der Waals surface area contributed by atoms with Gasteiger partial charge in [-0.25, -0.2) is 0 Å². The second-order valence-corrected chi connectivity index (χ2v) is 7.60. The normalized spacial score (nSPS) is 15.7. The lowest BCUT2D eigenvalue weighted by molar-refractivity contribution is 0.740. The van der Waals surface area contributed by atoms with E-state index >= 15 is 0 Å². The van der Waals surface area contributed by atoms with E-state index in [0.29, 0.717) is 0 Å². The van der Waals surface area contributed by atoms with Crippen molar-refractivity contribution < 1.29 is 0 Å². The van der Waals surface area contributed by atoms with Crippen molar-refractivity contribution in [2.75, 3.05) is 0 Å². The van der Waals surface area contributed by atoms with Crippen LogP contribution >= 0.6 is 22.7 Å². The van der Waals surface area contributed by atoms with E-state index in [2.05, 4.69) is 35.7 Å². The first-order valence-corrected chi connectivity index (χ1v) is 8.83. The van der Waals surface area contributed by atoms with Crippen molar-refractivity contribution in [2.24, 2.45) is 5.73 Å². The third kappa shape index (κ3) is 2.10. The maximum absolute atomic E-state index is 6.45. The number of benzene rings is 1. The van der Waals surface area contributed by atoms with Gasteiger partial charge >= 0.3 is 0 Å². The van der Waals surface area contributed by atoms with Crippen LogP contribution in [-0.4, -0.2) is 0 Å². The van der Waals surface area contributed by atoms with Gasteiger partial charge in [-0.05, 0) is 59.7 Å². The Hall–Kier alpha value is -1.16. The minimum atomic E-state index is 0.142. The number of hydrogen-bond acceptors (Lipinski definition) is 3. The molecule has 0 radical (unpaired) electrons. The number of rotatable bonds is 3. The maximum Gasteiger partial charge on any atom is 0.0431 e. The van der Waals surface area contributed by atoms with Crippen LogP contribution < -0.4 is 5.73 Å². The van der Waals surface area contributed by atoms with Crippen LogP contribution in [-0.2, 0) is 19.3 Å². The lowest BCUT2D eigenvalue weighted by Gasteiger charge is -2.09. The van der Waals surface area contributed by atoms with E-state index in [1.807, 2.05) is 22.7 Å². The third-order valence-corrected chi connectivity index (χ3v) is 6.51. The number of thiophene rings is 2. The zero-order chi connectivity index (χ0) is 13.5. The molecular weight excluding hydrogens is 282 g/mol. The SMILES string of the molecule is NC(Cc1csc2ccccc12)c1cc2c(s1)CCC2. The van der Waals surface area contributed by atoms with Gasteiger partial charge < -0.3 is 5.73 Å². The van der Waals surface area contributed by atoms with Crippen LogP contribution in [0.3, 0.4) is 0 Å². The molecule has 3 aromatic rings. The summed E-state index contributed by atoms with van der Waals surface area (Å²) in [7, 11) is 0. The van der Waals surface area contributed by atoms with Gasteiger partial charge in [-0.15, -0.1) is 22.7 Å². The van der Waals surface area contributed by atoms with Gasteiger partial charge in [-0.3, -0.25) is 0 Å². The van der Waals surface area contributed by atoms with E-state index in [1.165, 1.54) is 39.8 Å². The third-order valence-electron chi connectivity index (χ3n) is 4.13. The standard InChI is InChI=1S/C17H17NS2/c18-14(17-9-11-4-3-7-15(11)20-17)8-12-10-19-16-6-2-1-5-13(12)16/h1-2,5-6,9-10,14H,3-4,7-8,18H2. The average Bonchev–Trinajstić information content (AvgIpc) is 3.12. The van der Waals surface area contributed by atoms with Crippen molar-refractivity contribution in [3.63, 3.8) is 0 Å². The summed E-state index contributed by atoms with van der Waals surface area (Å²) in [4.78, 5) is 2.94. The molecule has 0 bridgehead atoms. The Morgan fingerprint density at radius 1 is 1.20 bits per heavy atom. The summed E-state index contributed by atoms with van der Waals surface area (Å²) >= 11 is 3.76. The molecule has 20 heavy (non-hydrogen) atoms. The fraction of sp³-hybridized carbons (Fsp3) is 0.294. The Kier molecular flexibility index (Phi) is 3.14. The first-order valence-electron chi connectivity index (χ1n) is 7.13. The van der Waals surface area contributed by atoms with Crippen molar-refractivity contribution >= 4 is 32.8 Å². The van der Waals surface area contributed by atoms with Crippen molar-refractivity contribution in [1.29, 1.82) is 0 Å². The Labute approximate surface area is 127 Å².